The topological polar surface area (TPSA) is 105 Å². The van der Waals surface area contributed by atoms with E-state index in [0.717, 1.165) is 21.1 Å². The second kappa shape index (κ2) is 14.4. The normalized spacial score (nSPS) is 14.8. The number of carbonyl (C=O) groups is 2. The van der Waals surface area contributed by atoms with Gasteiger partial charge in [-0.15, -0.1) is 0 Å². The lowest BCUT2D eigenvalue weighted by Crippen LogP contribution is -2.33. The van der Waals surface area contributed by atoms with Crippen LogP contribution in [-0.2, 0) is 30.3 Å². The van der Waals surface area contributed by atoms with Gasteiger partial charge in [-0.25, -0.2) is 9.59 Å². The van der Waals surface area contributed by atoms with E-state index in [0.29, 0.717) is 33.6 Å². The number of hydrogen-bond donors (Lipinski definition) is 2. The molecule has 0 heterocycles. The summed E-state index contributed by atoms with van der Waals surface area (Å²) in [6.45, 7) is 3.44. The molecule has 4 aromatic rings. The Morgan fingerprint density at radius 2 is 0.841 bits per heavy atom. The highest BCUT2D eigenvalue weighted by molar-refractivity contribution is 9.10. The second-order valence-electron chi connectivity index (χ2n) is 10.2. The summed E-state index contributed by atoms with van der Waals surface area (Å²) < 4.78 is 14.0. The van der Waals surface area contributed by atoms with Gasteiger partial charge in [-0.3, -0.25) is 0 Å². The maximum absolute atomic E-state index is 13.4. The molecule has 0 spiro atoms. The molecule has 8 heteroatoms. The van der Waals surface area contributed by atoms with Gasteiger partial charge in [-0.2, -0.15) is 0 Å². The molecule has 2 atom stereocenters. The average molecular weight is 716 g/mol. The highest BCUT2D eigenvalue weighted by Crippen LogP contribution is 2.38. The molecule has 4 N–H and O–H groups in total. The fourth-order valence-corrected chi connectivity index (χ4v) is 5.42. The first kappa shape index (κ1) is 32.5. The fourth-order valence-electron chi connectivity index (χ4n) is 4.89. The molecular weight excluding hydrogens is 684 g/mol. The van der Waals surface area contributed by atoms with E-state index >= 15 is 0 Å². The van der Waals surface area contributed by atoms with E-state index in [1.807, 2.05) is 109 Å². The number of rotatable bonds is 10. The smallest absolute Gasteiger partial charge is 0.332 e. The molecule has 0 bridgehead atoms. The third kappa shape index (κ3) is 7.75. The molecule has 0 fully saturated rings. The third-order valence-corrected chi connectivity index (χ3v) is 7.75. The van der Waals surface area contributed by atoms with Crippen molar-refractivity contribution in [2.45, 2.75) is 25.0 Å². The largest absolute Gasteiger partial charge is 0.442 e. The van der Waals surface area contributed by atoms with Crippen molar-refractivity contribution in [2.75, 3.05) is 0 Å². The number of halogens is 2. The van der Waals surface area contributed by atoms with Crippen LogP contribution in [0.5, 0.6) is 0 Å². The Morgan fingerprint density at radius 3 is 1.14 bits per heavy atom. The van der Waals surface area contributed by atoms with E-state index in [2.05, 4.69) is 31.9 Å². The molecule has 6 nitrogen and oxygen atoms in total. The molecule has 4 aromatic carbocycles. The summed E-state index contributed by atoms with van der Waals surface area (Å²) in [7, 11) is 0. The molecule has 0 amide bonds. The maximum atomic E-state index is 13.4. The number of nitrogens with two attached hydrogens (primary N) is 2. The molecule has 0 aliphatic carbocycles. The van der Waals surface area contributed by atoms with Gasteiger partial charge in [-0.05, 0) is 50.3 Å². The Morgan fingerprint density at radius 1 is 0.545 bits per heavy atom. The summed E-state index contributed by atoms with van der Waals surface area (Å²) >= 11 is 6.92. The lowest BCUT2D eigenvalue weighted by Gasteiger charge is -2.32. The Bertz CT molecular complexity index is 1550. The van der Waals surface area contributed by atoms with E-state index in [-0.39, 0.29) is 0 Å². The zero-order valence-corrected chi connectivity index (χ0v) is 27.4. The molecule has 44 heavy (non-hydrogen) atoms. The Balaban J connectivity index is 1.72. The summed E-state index contributed by atoms with van der Waals surface area (Å²) in [6, 6.07) is 33.3. The molecule has 0 radical (unpaired) electrons. The molecule has 0 saturated carbocycles. The van der Waals surface area contributed by atoms with Crippen LogP contribution in [0.2, 0.25) is 0 Å². The van der Waals surface area contributed by atoms with Gasteiger partial charge < -0.3 is 20.9 Å². The average Bonchev–Trinajstić information content (AvgIpc) is 3.00. The van der Waals surface area contributed by atoms with Crippen LogP contribution in [0.15, 0.2) is 154 Å². The highest BCUT2D eigenvalue weighted by atomic mass is 79.9. The second-order valence-corrected chi connectivity index (χ2v) is 12.0. The number of benzene rings is 4. The van der Waals surface area contributed by atoms with Crippen molar-refractivity contribution in [1.29, 1.82) is 0 Å². The number of carbonyl (C=O) groups excluding carboxylic acids is 2. The van der Waals surface area contributed by atoms with Crippen molar-refractivity contribution < 1.29 is 19.1 Å². The van der Waals surface area contributed by atoms with Gasteiger partial charge in [0.05, 0.1) is 0 Å². The monoisotopic (exact) mass is 714 g/mol. The van der Waals surface area contributed by atoms with Crippen molar-refractivity contribution in [3.8, 4) is 0 Å². The predicted octanol–water partition coefficient (Wildman–Crippen LogP) is 7.77. The van der Waals surface area contributed by atoms with Crippen LogP contribution in [0.4, 0.5) is 0 Å². The number of allylic oxidation sites excluding steroid dienone is 2. The summed E-state index contributed by atoms with van der Waals surface area (Å²) in [4.78, 5) is 26.9. The van der Waals surface area contributed by atoms with Crippen molar-refractivity contribution in [3.05, 3.63) is 176 Å². The Hall–Kier alpha value is -4.40. The van der Waals surface area contributed by atoms with E-state index in [4.69, 9.17) is 20.9 Å². The SMILES string of the molecule is C/C(N)=C\C(OC(=O)/C=C\C(=O)OC(/C=C(\C)N)(c1ccccc1)c1ccc(Br)cc1)(c1ccccc1)c1ccc(Br)cc1. The Kier molecular flexibility index (Phi) is 10.6. The van der Waals surface area contributed by atoms with E-state index < -0.39 is 23.1 Å². The molecule has 2 unspecified atom stereocenters. The van der Waals surface area contributed by atoms with Crippen LogP contribution in [0.3, 0.4) is 0 Å². The van der Waals surface area contributed by atoms with Crippen molar-refractivity contribution >= 4 is 43.8 Å². The fraction of sp³-hybridized carbons (Fsp3) is 0.111. The zero-order chi connectivity index (χ0) is 31.7. The van der Waals surface area contributed by atoms with Gasteiger partial charge in [0, 0.05) is 54.7 Å². The van der Waals surface area contributed by atoms with Gasteiger partial charge in [0.15, 0.2) is 11.2 Å². The van der Waals surface area contributed by atoms with E-state index in [1.165, 1.54) is 0 Å². The molecule has 0 saturated heterocycles. The summed E-state index contributed by atoms with van der Waals surface area (Å²) in [5.41, 5.74) is 13.2. The summed E-state index contributed by atoms with van der Waals surface area (Å²) in [5.74, 6) is -1.54. The first-order valence-corrected chi connectivity index (χ1v) is 15.3. The molecule has 0 aliphatic rings. The Labute approximate surface area is 274 Å². The summed E-state index contributed by atoms with van der Waals surface area (Å²) in [5, 5.41) is 0. The van der Waals surface area contributed by atoms with Crippen LogP contribution < -0.4 is 11.5 Å². The number of esters is 2. The van der Waals surface area contributed by atoms with Gasteiger partial charge in [0.2, 0.25) is 0 Å². The standard InChI is InChI=1S/C36H32Br2N2O4/c1-25(39)23-35(27-9-5-3-6-10-27,29-13-17-31(37)18-14-29)43-33(41)21-22-34(42)44-36(24-26(2)40,28-11-7-4-8-12-28)30-15-19-32(38)20-16-30/h3-24H,39-40H2,1-2H3/b22-21-,25-23+,26-24+. The zero-order valence-electron chi connectivity index (χ0n) is 24.2. The lowest BCUT2D eigenvalue weighted by molar-refractivity contribution is -0.149. The molecular formula is C36H32Br2N2O4. The van der Waals surface area contributed by atoms with Crippen molar-refractivity contribution in [2.24, 2.45) is 11.5 Å². The van der Waals surface area contributed by atoms with E-state index in [1.54, 1.807) is 26.0 Å². The highest BCUT2D eigenvalue weighted by Gasteiger charge is 2.38. The molecule has 224 valence electrons. The predicted molar refractivity (Wildman–Crippen MR) is 180 cm³/mol. The van der Waals surface area contributed by atoms with Gasteiger partial charge in [0.1, 0.15) is 0 Å². The molecule has 0 aliphatic heterocycles. The first-order chi connectivity index (χ1) is 21.0. The van der Waals surface area contributed by atoms with Gasteiger partial charge >= 0.3 is 11.9 Å². The van der Waals surface area contributed by atoms with Crippen molar-refractivity contribution in [3.63, 3.8) is 0 Å². The van der Waals surface area contributed by atoms with Gasteiger partial charge in [0.25, 0.3) is 0 Å². The summed E-state index contributed by atoms with van der Waals surface area (Å²) in [6.07, 6.45) is 5.46. The molecule has 4 rings (SSSR count). The van der Waals surface area contributed by atoms with Crippen molar-refractivity contribution in [1.82, 2.24) is 0 Å². The van der Waals surface area contributed by atoms with Crippen LogP contribution in [0, 0.1) is 0 Å². The minimum absolute atomic E-state index is 0.444. The number of hydrogen-bond acceptors (Lipinski definition) is 6. The van der Waals surface area contributed by atoms with Crippen LogP contribution in [-0.4, -0.2) is 11.9 Å². The van der Waals surface area contributed by atoms with Crippen LogP contribution in [0.1, 0.15) is 36.1 Å². The van der Waals surface area contributed by atoms with Gasteiger partial charge in [-0.1, -0.05) is 117 Å². The first-order valence-electron chi connectivity index (χ1n) is 13.7. The third-order valence-electron chi connectivity index (χ3n) is 6.69. The minimum atomic E-state index is -1.36. The van der Waals surface area contributed by atoms with E-state index in [9.17, 15) is 9.59 Å². The maximum Gasteiger partial charge on any atom is 0.332 e. The van der Waals surface area contributed by atoms with Crippen LogP contribution >= 0.6 is 31.9 Å². The quantitative estimate of drug-likeness (QED) is 0.129. The number of ether oxygens (including phenoxy) is 2. The van der Waals surface area contributed by atoms with Crippen LogP contribution in [0.25, 0.3) is 0 Å². The lowest BCUT2D eigenvalue weighted by atomic mass is 9.85. The minimum Gasteiger partial charge on any atom is -0.442 e. The molecule has 0 aromatic heterocycles.